The van der Waals surface area contributed by atoms with Gasteiger partial charge in [-0.15, -0.1) is 4.99 Å². The van der Waals surface area contributed by atoms with Crippen molar-refractivity contribution < 1.29 is 19.1 Å². The molecule has 0 unspecified atom stereocenters. The van der Waals surface area contributed by atoms with E-state index < -0.39 is 23.4 Å². The van der Waals surface area contributed by atoms with Gasteiger partial charge in [0, 0.05) is 31.9 Å². The SMILES string of the molecule is Cc1ccc(N2CCN(C(=NC(=O)OC(C)(C)C)NC(=O)OC(C)(C)C)CC2)c(C)c1. The van der Waals surface area contributed by atoms with Crippen molar-refractivity contribution in [1.82, 2.24) is 10.2 Å². The van der Waals surface area contributed by atoms with Crippen molar-refractivity contribution in [3.8, 4) is 0 Å². The minimum absolute atomic E-state index is 0.142. The van der Waals surface area contributed by atoms with Gasteiger partial charge in [0.1, 0.15) is 11.2 Å². The van der Waals surface area contributed by atoms with Crippen LogP contribution in [0, 0.1) is 13.8 Å². The van der Waals surface area contributed by atoms with E-state index in [0.717, 1.165) is 13.1 Å². The summed E-state index contributed by atoms with van der Waals surface area (Å²) in [5, 5.41) is 2.63. The summed E-state index contributed by atoms with van der Waals surface area (Å²) in [6, 6.07) is 6.41. The number of anilines is 1. The second-order valence-corrected chi connectivity index (χ2v) is 9.81. The highest BCUT2D eigenvalue weighted by molar-refractivity contribution is 5.99. The number of ether oxygens (including phenoxy) is 2. The molecular weight excluding hydrogens is 396 g/mol. The van der Waals surface area contributed by atoms with E-state index in [9.17, 15) is 9.59 Å². The Morgan fingerprint density at radius 2 is 1.52 bits per heavy atom. The molecule has 0 atom stereocenters. The quantitative estimate of drug-likeness (QED) is 0.528. The lowest BCUT2D eigenvalue weighted by Crippen LogP contribution is -2.54. The van der Waals surface area contributed by atoms with E-state index >= 15 is 0 Å². The summed E-state index contributed by atoms with van der Waals surface area (Å²) >= 11 is 0. The third-order valence-electron chi connectivity index (χ3n) is 4.48. The molecule has 1 aromatic rings. The Balaban J connectivity index is 2.14. The molecule has 0 aliphatic carbocycles. The highest BCUT2D eigenvalue weighted by atomic mass is 16.6. The van der Waals surface area contributed by atoms with Crippen molar-refractivity contribution in [2.24, 2.45) is 4.99 Å². The molecule has 1 aliphatic rings. The maximum atomic E-state index is 12.3. The Hall–Kier alpha value is -2.77. The average Bonchev–Trinajstić information content (AvgIpc) is 2.58. The smallest absolute Gasteiger partial charge is 0.437 e. The average molecular weight is 433 g/mol. The molecule has 31 heavy (non-hydrogen) atoms. The van der Waals surface area contributed by atoms with Crippen LogP contribution >= 0.6 is 0 Å². The molecule has 0 aromatic heterocycles. The number of amides is 2. The summed E-state index contributed by atoms with van der Waals surface area (Å²) in [6.45, 7) is 17.5. The van der Waals surface area contributed by atoms with Crippen LogP contribution in [0.4, 0.5) is 15.3 Å². The third kappa shape index (κ3) is 8.11. The molecule has 0 saturated carbocycles. The lowest BCUT2D eigenvalue weighted by molar-refractivity contribution is 0.0554. The van der Waals surface area contributed by atoms with Gasteiger partial charge in [-0.2, -0.15) is 0 Å². The molecule has 1 aliphatic heterocycles. The maximum absolute atomic E-state index is 12.3. The van der Waals surface area contributed by atoms with E-state index in [1.165, 1.54) is 16.8 Å². The topological polar surface area (TPSA) is 83.5 Å². The minimum Gasteiger partial charge on any atom is -0.444 e. The van der Waals surface area contributed by atoms with Crippen molar-refractivity contribution in [2.45, 2.75) is 66.6 Å². The van der Waals surface area contributed by atoms with Crippen LogP contribution in [-0.4, -0.2) is 60.4 Å². The number of carbonyl (C=O) groups is 2. The fourth-order valence-corrected chi connectivity index (χ4v) is 3.26. The second-order valence-electron chi connectivity index (χ2n) is 9.81. The molecule has 1 N–H and O–H groups in total. The van der Waals surface area contributed by atoms with Crippen molar-refractivity contribution >= 4 is 23.8 Å². The van der Waals surface area contributed by atoms with E-state index in [1.54, 1.807) is 41.5 Å². The van der Waals surface area contributed by atoms with Crippen LogP contribution in [-0.2, 0) is 9.47 Å². The Morgan fingerprint density at radius 3 is 2.03 bits per heavy atom. The molecule has 0 spiro atoms. The van der Waals surface area contributed by atoms with Gasteiger partial charge < -0.3 is 19.3 Å². The maximum Gasteiger partial charge on any atom is 0.437 e. The molecule has 1 aromatic carbocycles. The van der Waals surface area contributed by atoms with Gasteiger partial charge in [0.25, 0.3) is 0 Å². The van der Waals surface area contributed by atoms with Crippen molar-refractivity contribution in [1.29, 1.82) is 0 Å². The summed E-state index contributed by atoms with van der Waals surface area (Å²) in [6.07, 6.45) is -1.41. The molecule has 1 fully saturated rings. The first kappa shape index (κ1) is 24.5. The van der Waals surface area contributed by atoms with Crippen LogP contribution in [0.3, 0.4) is 0 Å². The van der Waals surface area contributed by atoms with Crippen molar-refractivity contribution in [3.63, 3.8) is 0 Å². The molecule has 0 radical (unpaired) electrons. The molecule has 2 rings (SSSR count). The monoisotopic (exact) mass is 432 g/mol. The lowest BCUT2D eigenvalue weighted by Gasteiger charge is -2.38. The Bertz CT molecular complexity index is 829. The number of hydrogen-bond acceptors (Lipinski definition) is 5. The standard InChI is InChI=1S/C23H36N4O4/c1-16-9-10-18(17(2)15-16)26-11-13-27(14-12-26)19(24-20(28)30-22(3,4)5)25-21(29)31-23(6,7)8/h9-10,15H,11-14H2,1-8H3,(H,24,25,28,29). The van der Waals surface area contributed by atoms with Gasteiger partial charge >= 0.3 is 12.2 Å². The number of nitrogens with one attached hydrogen (secondary N) is 1. The molecule has 8 nitrogen and oxygen atoms in total. The zero-order chi connectivity index (χ0) is 23.4. The van der Waals surface area contributed by atoms with Gasteiger partial charge in [-0.05, 0) is 67.0 Å². The van der Waals surface area contributed by atoms with Crippen LogP contribution in [0.2, 0.25) is 0 Å². The Labute approximate surface area is 185 Å². The predicted molar refractivity (Wildman–Crippen MR) is 123 cm³/mol. The number of benzene rings is 1. The summed E-state index contributed by atoms with van der Waals surface area (Å²) in [4.78, 5) is 32.8. The van der Waals surface area contributed by atoms with E-state index in [-0.39, 0.29) is 5.96 Å². The highest BCUT2D eigenvalue weighted by Gasteiger charge is 2.26. The summed E-state index contributed by atoms with van der Waals surface area (Å²) in [7, 11) is 0. The summed E-state index contributed by atoms with van der Waals surface area (Å²) < 4.78 is 10.6. The fraction of sp³-hybridized carbons (Fsp3) is 0.609. The number of rotatable bonds is 1. The van der Waals surface area contributed by atoms with Crippen LogP contribution in [0.1, 0.15) is 52.7 Å². The second kappa shape index (κ2) is 9.58. The van der Waals surface area contributed by atoms with Gasteiger partial charge in [-0.25, -0.2) is 9.59 Å². The zero-order valence-corrected chi connectivity index (χ0v) is 20.0. The lowest BCUT2D eigenvalue weighted by atomic mass is 10.1. The highest BCUT2D eigenvalue weighted by Crippen LogP contribution is 2.22. The zero-order valence-electron chi connectivity index (χ0n) is 20.0. The number of guanidine groups is 1. The third-order valence-corrected chi connectivity index (χ3v) is 4.48. The van der Waals surface area contributed by atoms with E-state index in [2.05, 4.69) is 47.3 Å². The van der Waals surface area contributed by atoms with Crippen molar-refractivity contribution in [2.75, 3.05) is 31.1 Å². The van der Waals surface area contributed by atoms with Crippen LogP contribution < -0.4 is 10.2 Å². The number of nitrogens with zero attached hydrogens (tertiary/aromatic N) is 3. The molecule has 1 saturated heterocycles. The molecule has 2 amide bonds. The number of alkyl carbamates (subject to hydrolysis) is 1. The predicted octanol–water partition coefficient (Wildman–Crippen LogP) is 4.24. The minimum atomic E-state index is -0.754. The first-order valence-electron chi connectivity index (χ1n) is 10.6. The Kier molecular flexibility index (Phi) is 7.57. The Morgan fingerprint density at radius 1 is 0.935 bits per heavy atom. The van der Waals surface area contributed by atoms with Crippen LogP contribution in [0.5, 0.6) is 0 Å². The number of aliphatic imine (C=N–C) groups is 1. The van der Waals surface area contributed by atoms with Gasteiger partial charge in [-0.1, -0.05) is 17.7 Å². The fourth-order valence-electron chi connectivity index (χ4n) is 3.26. The van der Waals surface area contributed by atoms with Gasteiger partial charge in [0.15, 0.2) is 0 Å². The normalized spacial score (nSPS) is 15.5. The summed E-state index contributed by atoms with van der Waals surface area (Å²) in [5.41, 5.74) is 2.30. The summed E-state index contributed by atoms with van der Waals surface area (Å²) in [5.74, 6) is 0.142. The largest absolute Gasteiger partial charge is 0.444 e. The molecule has 0 bridgehead atoms. The molecule has 1 heterocycles. The first-order valence-corrected chi connectivity index (χ1v) is 10.6. The number of hydrogen-bond donors (Lipinski definition) is 1. The number of carbonyl (C=O) groups excluding carboxylic acids is 2. The molecule has 8 heteroatoms. The number of piperazine rings is 1. The van der Waals surface area contributed by atoms with Gasteiger partial charge in [0.2, 0.25) is 5.96 Å². The number of aryl methyl sites for hydroxylation is 2. The van der Waals surface area contributed by atoms with E-state index in [0.29, 0.717) is 13.1 Å². The van der Waals surface area contributed by atoms with Crippen molar-refractivity contribution in [3.05, 3.63) is 29.3 Å². The molecule has 172 valence electrons. The molecular formula is C23H36N4O4. The van der Waals surface area contributed by atoms with Gasteiger partial charge in [0.05, 0.1) is 0 Å². The van der Waals surface area contributed by atoms with Crippen LogP contribution in [0.15, 0.2) is 23.2 Å². The van der Waals surface area contributed by atoms with Crippen LogP contribution in [0.25, 0.3) is 0 Å². The van der Waals surface area contributed by atoms with E-state index in [1.807, 2.05) is 4.90 Å². The first-order chi connectivity index (χ1) is 14.2. The van der Waals surface area contributed by atoms with Gasteiger partial charge in [-0.3, -0.25) is 5.32 Å². The van der Waals surface area contributed by atoms with E-state index in [4.69, 9.17) is 9.47 Å².